The summed E-state index contributed by atoms with van der Waals surface area (Å²) in [6, 6.07) is 0. The fourth-order valence-corrected chi connectivity index (χ4v) is 0.263. The van der Waals surface area contributed by atoms with Crippen LogP contribution in [0.1, 0.15) is 20.3 Å². The van der Waals surface area contributed by atoms with Crippen molar-refractivity contribution in [2.75, 3.05) is 0 Å². The minimum Gasteiger partial charge on any atom is -0.431 e. The Bertz CT molecular complexity index is 82.5. The molecule has 0 rings (SSSR count). The zero-order valence-electron chi connectivity index (χ0n) is 4.98. The summed E-state index contributed by atoms with van der Waals surface area (Å²) in [7, 11) is 0. The summed E-state index contributed by atoms with van der Waals surface area (Å²) in [5, 5.41) is 0. The molecular weight excluding hydrogens is 111 g/mol. The van der Waals surface area contributed by atoms with Gasteiger partial charge < -0.3 is 4.74 Å². The van der Waals surface area contributed by atoms with Crippen LogP contribution < -0.4 is 0 Å². The molecule has 0 aromatic carbocycles. The minimum absolute atomic E-state index is 0.222. The first-order chi connectivity index (χ1) is 3.66. The topological polar surface area (TPSA) is 26.3 Å². The van der Waals surface area contributed by atoms with Crippen LogP contribution in [0.5, 0.6) is 0 Å². The van der Waals surface area contributed by atoms with Crippen molar-refractivity contribution in [2.45, 2.75) is 26.6 Å². The van der Waals surface area contributed by atoms with Crippen molar-refractivity contribution in [1.82, 2.24) is 0 Å². The van der Waals surface area contributed by atoms with E-state index in [4.69, 9.17) is 0 Å². The van der Waals surface area contributed by atoms with Gasteiger partial charge in [0.2, 0.25) is 6.36 Å². The predicted molar refractivity (Wildman–Crippen MR) is 27.0 cm³/mol. The number of halogens is 1. The third-order valence-electron chi connectivity index (χ3n) is 0.615. The van der Waals surface area contributed by atoms with Gasteiger partial charge >= 0.3 is 5.97 Å². The number of esters is 1. The monoisotopic (exact) mass is 120 g/mol. The van der Waals surface area contributed by atoms with Crippen molar-refractivity contribution >= 4 is 5.97 Å². The van der Waals surface area contributed by atoms with Gasteiger partial charge in [-0.15, -0.1) is 0 Å². The van der Waals surface area contributed by atoms with Crippen LogP contribution in [0, 0.1) is 0 Å². The molecule has 0 saturated heterocycles. The van der Waals surface area contributed by atoms with Crippen molar-refractivity contribution in [3.8, 4) is 0 Å². The Morgan fingerprint density at radius 1 is 1.88 bits per heavy atom. The summed E-state index contributed by atoms with van der Waals surface area (Å²) in [5.41, 5.74) is 0. The van der Waals surface area contributed by atoms with Gasteiger partial charge in [-0.3, -0.25) is 4.79 Å². The Kier molecular flexibility index (Phi) is 3.15. The SMILES string of the molecule is CCC(F)OC(C)=O. The molecule has 0 N–H and O–H groups in total. The lowest BCUT2D eigenvalue weighted by molar-refractivity contribution is -0.155. The molecule has 0 aliphatic heterocycles. The van der Waals surface area contributed by atoms with Crippen molar-refractivity contribution in [2.24, 2.45) is 0 Å². The van der Waals surface area contributed by atoms with Crippen molar-refractivity contribution in [3.63, 3.8) is 0 Å². The van der Waals surface area contributed by atoms with Crippen LogP contribution in [0.15, 0.2) is 0 Å². The van der Waals surface area contributed by atoms with Gasteiger partial charge in [0, 0.05) is 13.3 Å². The van der Waals surface area contributed by atoms with E-state index in [1.54, 1.807) is 6.92 Å². The summed E-state index contributed by atoms with van der Waals surface area (Å²) in [4.78, 5) is 9.95. The van der Waals surface area contributed by atoms with E-state index in [0.29, 0.717) is 0 Å². The summed E-state index contributed by atoms with van der Waals surface area (Å²) < 4.78 is 16.0. The average Bonchev–Trinajstić information content (AvgIpc) is 1.65. The molecule has 48 valence electrons. The predicted octanol–water partition coefficient (Wildman–Crippen LogP) is 1.26. The summed E-state index contributed by atoms with van der Waals surface area (Å²) in [6.07, 6.45) is -1.20. The van der Waals surface area contributed by atoms with E-state index < -0.39 is 12.3 Å². The molecule has 0 spiro atoms. The summed E-state index contributed by atoms with van der Waals surface area (Å²) in [6.45, 7) is 2.79. The Morgan fingerprint density at radius 3 is 2.50 bits per heavy atom. The largest absolute Gasteiger partial charge is 0.431 e. The highest BCUT2D eigenvalue weighted by molar-refractivity contribution is 5.65. The van der Waals surface area contributed by atoms with E-state index in [0.717, 1.165) is 0 Å². The van der Waals surface area contributed by atoms with Crippen LogP contribution in [0.2, 0.25) is 0 Å². The molecule has 0 aliphatic carbocycles. The Labute approximate surface area is 47.6 Å². The quantitative estimate of drug-likeness (QED) is 0.513. The number of ether oxygens (including phenoxy) is 1. The molecule has 0 fully saturated rings. The Morgan fingerprint density at radius 2 is 2.38 bits per heavy atom. The smallest absolute Gasteiger partial charge is 0.305 e. The number of carbonyl (C=O) groups excluding carboxylic acids is 1. The number of alkyl halides is 1. The van der Waals surface area contributed by atoms with Crippen LogP contribution in [0.3, 0.4) is 0 Å². The standard InChI is InChI=1S/C5H9FO2/c1-3-5(6)8-4(2)7/h5H,3H2,1-2H3. The highest BCUT2D eigenvalue weighted by Gasteiger charge is 2.03. The summed E-state index contributed by atoms with van der Waals surface area (Å²) >= 11 is 0. The molecule has 0 saturated carbocycles. The van der Waals surface area contributed by atoms with E-state index in [9.17, 15) is 9.18 Å². The molecule has 8 heavy (non-hydrogen) atoms. The van der Waals surface area contributed by atoms with E-state index >= 15 is 0 Å². The van der Waals surface area contributed by atoms with Gasteiger partial charge in [-0.25, -0.2) is 4.39 Å². The molecule has 0 aromatic rings. The highest BCUT2D eigenvalue weighted by atomic mass is 19.1. The average molecular weight is 120 g/mol. The molecular formula is C5H9FO2. The zero-order valence-corrected chi connectivity index (χ0v) is 4.98. The van der Waals surface area contributed by atoms with Gasteiger partial charge in [-0.05, 0) is 0 Å². The van der Waals surface area contributed by atoms with Crippen molar-refractivity contribution in [1.29, 1.82) is 0 Å². The number of hydrogen-bond donors (Lipinski definition) is 0. The molecule has 1 unspecified atom stereocenters. The minimum atomic E-state index is -1.42. The first kappa shape index (κ1) is 7.40. The van der Waals surface area contributed by atoms with E-state index in [-0.39, 0.29) is 6.42 Å². The van der Waals surface area contributed by atoms with Crippen LogP contribution in [-0.4, -0.2) is 12.3 Å². The second kappa shape index (κ2) is 3.41. The number of carbonyl (C=O) groups is 1. The van der Waals surface area contributed by atoms with E-state index in [2.05, 4.69) is 4.74 Å². The lowest BCUT2D eigenvalue weighted by Gasteiger charge is -2.02. The van der Waals surface area contributed by atoms with Crippen LogP contribution in [0.4, 0.5) is 4.39 Å². The molecule has 0 radical (unpaired) electrons. The highest BCUT2D eigenvalue weighted by Crippen LogP contribution is 1.97. The van der Waals surface area contributed by atoms with E-state index in [1.165, 1.54) is 6.92 Å². The second-order valence-electron chi connectivity index (χ2n) is 1.43. The van der Waals surface area contributed by atoms with Gasteiger partial charge in [0.15, 0.2) is 0 Å². The van der Waals surface area contributed by atoms with E-state index in [1.807, 2.05) is 0 Å². The molecule has 2 nitrogen and oxygen atoms in total. The molecule has 0 aliphatic rings. The lowest BCUT2D eigenvalue weighted by atomic mass is 10.5. The third kappa shape index (κ3) is 3.59. The maximum Gasteiger partial charge on any atom is 0.305 e. The molecule has 3 heteroatoms. The van der Waals surface area contributed by atoms with Crippen LogP contribution >= 0.6 is 0 Å². The molecule has 0 aromatic heterocycles. The van der Waals surface area contributed by atoms with Crippen molar-refractivity contribution < 1.29 is 13.9 Å². The van der Waals surface area contributed by atoms with Gasteiger partial charge in [-0.2, -0.15) is 0 Å². The number of hydrogen-bond acceptors (Lipinski definition) is 2. The third-order valence-corrected chi connectivity index (χ3v) is 0.615. The normalized spacial score (nSPS) is 12.9. The first-order valence-electron chi connectivity index (χ1n) is 2.48. The molecule has 0 amide bonds. The van der Waals surface area contributed by atoms with Crippen LogP contribution in [-0.2, 0) is 9.53 Å². The number of rotatable bonds is 2. The van der Waals surface area contributed by atoms with Crippen molar-refractivity contribution in [3.05, 3.63) is 0 Å². The van der Waals surface area contributed by atoms with Crippen LogP contribution in [0.25, 0.3) is 0 Å². The molecule has 0 heterocycles. The maximum atomic E-state index is 11.9. The maximum absolute atomic E-state index is 11.9. The lowest BCUT2D eigenvalue weighted by Crippen LogP contribution is -2.08. The summed E-state index contributed by atoms with van der Waals surface area (Å²) in [5.74, 6) is -0.570. The Balaban J connectivity index is 3.24. The van der Waals surface area contributed by atoms with Gasteiger partial charge in [0.1, 0.15) is 0 Å². The van der Waals surface area contributed by atoms with Gasteiger partial charge in [0.05, 0.1) is 0 Å². The zero-order chi connectivity index (χ0) is 6.57. The fraction of sp³-hybridized carbons (Fsp3) is 0.800. The second-order valence-corrected chi connectivity index (χ2v) is 1.43. The Hall–Kier alpha value is -0.600. The first-order valence-corrected chi connectivity index (χ1v) is 2.48. The fourth-order valence-electron chi connectivity index (χ4n) is 0.263. The molecule has 0 bridgehead atoms. The van der Waals surface area contributed by atoms with Gasteiger partial charge in [0.25, 0.3) is 0 Å². The van der Waals surface area contributed by atoms with Gasteiger partial charge in [-0.1, -0.05) is 6.92 Å². The molecule has 1 atom stereocenters.